The maximum atomic E-state index is 13.0. The van der Waals surface area contributed by atoms with Gasteiger partial charge < -0.3 is 9.04 Å². The smallest absolute Gasteiger partial charge is 0.381 e. The molecule has 1 spiro atoms. The van der Waals surface area contributed by atoms with E-state index in [1.165, 1.54) is 21.7 Å². The first-order chi connectivity index (χ1) is 15.3. The summed E-state index contributed by atoms with van der Waals surface area (Å²) < 4.78 is 46.9. The molecule has 0 saturated carbocycles. The van der Waals surface area contributed by atoms with E-state index in [4.69, 9.17) is 4.74 Å². The Morgan fingerprint density at radius 1 is 0.875 bits per heavy atom. The van der Waals surface area contributed by atoms with Gasteiger partial charge in [0.15, 0.2) is 0 Å². The third-order valence-electron chi connectivity index (χ3n) is 6.51. The van der Waals surface area contributed by atoms with E-state index in [0.717, 1.165) is 55.9 Å². The van der Waals surface area contributed by atoms with Crippen molar-refractivity contribution in [3.05, 3.63) is 83.4 Å². The minimum absolute atomic E-state index is 0.00714. The van der Waals surface area contributed by atoms with E-state index in [2.05, 4.69) is 47.6 Å². The van der Waals surface area contributed by atoms with Crippen LogP contribution in [0, 0.1) is 6.92 Å². The first-order valence-electron chi connectivity index (χ1n) is 10.8. The zero-order valence-corrected chi connectivity index (χ0v) is 18.6. The Bertz CT molecular complexity index is 1100. The largest absolute Gasteiger partial charge is 0.416 e. The number of hydrogen-bond donors (Lipinski definition) is 0. The van der Waals surface area contributed by atoms with Gasteiger partial charge in [0.05, 0.1) is 11.3 Å². The van der Waals surface area contributed by atoms with Crippen LogP contribution in [0.3, 0.4) is 0 Å². The highest BCUT2D eigenvalue weighted by atomic mass is 32.2. The molecule has 0 aromatic heterocycles. The lowest BCUT2D eigenvalue weighted by molar-refractivity contribution is -0.137. The quantitative estimate of drug-likeness (QED) is 0.386. The Labute approximate surface area is 190 Å². The average Bonchev–Trinajstić information content (AvgIpc) is 3.07. The van der Waals surface area contributed by atoms with Gasteiger partial charge in [-0.05, 0) is 84.8 Å². The van der Waals surface area contributed by atoms with Crippen LogP contribution in [0.15, 0.2) is 71.6 Å². The predicted octanol–water partition coefficient (Wildman–Crippen LogP) is 7.26. The maximum absolute atomic E-state index is 13.0. The number of halogens is 3. The fourth-order valence-electron chi connectivity index (χ4n) is 4.65. The second-order valence-electron chi connectivity index (χ2n) is 8.64. The van der Waals surface area contributed by atoms with Crippen LogP contribution in [0.4, 0.5) is 18.9 Å². The van der Waals surface area contributed by atoms with E-state index in [1.807, 2.05) is 6.07 Å². The van der Waals surface area contributed by atoms with Crippen LogP contribution in [0.1, 0.15) is 29.5 Å². The van der Waals surface area contributed by atoms with Crippen LogP contribution >= 0.6 is 11.9 Å². The van der Waals surface area contributed by atoms with Crippen LogP contribution in [0.2, 0.25) is 0 Å². The summed E-state index contributed by atoms with van der Waals surface area (Å²) in [6.45, 7) is 4.44. The number of fused-ring (bicyclic) bond motifs is 2. The minimum Gasteiger partial charge on any atom is -0.381 e. The molecule has 0 bridgehead atoms. The molecule has 0 radical (unpaired) electrons. The summed E-state index contributed by atoms with van der Waals surface area (Å²) in [5, 5.41) is 0. The third kappa shape index (κ3) is 4.02. The van der Waals surface area contributed by atoms with Crippen molar-refractivity contribution in [2.45, 2.75) is 36.3 Å². The van der Waals surface area contributed by atoms with E-state index in [0.29, 0.717) is 0 Å². The molecule has 2 aliphatic rings. The summed E-state index contributed by atoms with van der Waals surface area (Å²) in [5.41, 5.74) is 4.83. The van der Waals surface area contributed by atoms with Gasteiger partial charge in [-0.3, -0.25) is 0 Å². The van der Waals surface area contributed by atoms with Crippen molar-refractivity contribution in [3.63, 3.8) is 0 Å². The number of alkyl halides is 3. The third-order valence-corrected chi connectivity index (χ3v) is 7.54. The molecule has 0 aliphatic carbocycles. The number of benzene rings is 3. The molecule has 3 aromatic carbocycles. The van der Waals surface area contributed by atoms with Gasteiger partial charge in [-0.1, -0.05) is 35.9 Å². The Morgan fingerprint density at radius 3 is 2.19 bits per heavy atom. The van der Waals surface area contributed by atoms with Crippen LogP contribution in [0.25, 0.3) is 11.1 Å². The maximum Gasteiger partial charge on any atom is 0.416 e. The molecule has 0 N–H and O–H groups in total. The molecular weight excluding hydrogens is 431 g/mol. The molecule has 1 saturated heterocycles. The number of rotatable bonds is 3. The van der Waals surface area contributed by atoms with E-state index in [-0.39, 0.29) is 5.41 Å². The standard InChI is InChI=1S/C26H24F3NOS/c1-18-2-9-22(10-3-18)32-30-17-25(12-14-31-15-13-25)23-16-20(6-11-24(23)30)19-4-7-21(8-5-19)26(27,28)29/h2-11,16H,12-15,17H2,1H3. The number of ether oxygens (including phenoxy) is 1. The summed E-state index contributed by atoms with van der Waals surface area (Å²) in [4.78, 5) is 1.19. The van der Waals surface area contributed by atoms with Crippen LogP contribution in [-0.4, -0.2) is 19.8 Å². The Morgan fingerprint density at radius 2 is 1.53 bits per heavy atom. The van der Waals surface area contributed by atoms with Gasteiger partial charge in [0.25, 0.3) is 0 Å². The lowest BCUT2D eigenvalue weighted by Crippen LogP contribution is -2.37. The van der Waals surface area contributed by atoms with Crippen molar-refractivity contribution in [3.8, 4) is 11.1 Å². The molecule has 166 valence electrons. The Kier molecular flexibility index (Phi) is 5.46. The fourth-order valence-corrected chi connectivity index (χ4v) is 5.73. The summed E-state index contributed by atoms with van der Waals surface area (Å²) in [6, 6.07) is 20.3. The van der Waals surface area contributed by atoms with Crippen LogP contribution < -0.4 is 4.31 Å². The van der Waals surface area contributed by atoms with Crippen molar-refractivity contribution in [2.75, 3.05) is 24.1 Å². The van der Waals surface area contributed by atoms with Crippen LogP contribution in [-0.2, 0) is 16.3 Å². The number of nitrogens with zero attached hydrogens (tertiary/aromatic N) is 1. The molecule has 1 fully saturated rings. The predicted molar refractivity (Wildman–Crippen MR) is 123 cm³/mol. The molecule has 32 heavy (non-hydrogen) atoms. The van der Waals surface area contributed by atoms with Gasteiger partial charge in [0.1, 0.15) is 0 Å². The highest BCUT2D eigenvalue weighted by Gasteiger charge is 2.44. The van der Waals surface area contributed by atoms with Crippen molar-refractivity contribution in [1.29, 1.82) is 0 Å². The van der Waals surface area contributed by atoms with Gasteiger partial charge >= 0.3 is 6.18 Å². The monoisotopic (exact) mass is 455 g/mol. The molecule has 5 rings (SSSR count). The zero-order valence-electron chi connectivity index (χ0n) is 17.8. The molecule has 0 atom stereocenters. The van der Waals surface area contributed by atoms with Gasteiger partial charge in [0, 0.05) is 30.1 Å². The molecular formula is C26H24F3NOS. The molecule has 2 aliphatic heterocycles. The molecule has 6 heteroatoms. The lowest BCUT2D eigenvalue weighted by Gasteiger charge is -2.34. The van der Waals surface area contributed by atoms with Crippen LogP contribution in [0.5, 0.6) is 0 Å². The van der Waals surface area contributed by atoms with Gasteiger partial charge in [0.2, 0.25) is 0 Å². The van der Waals surface area contributed by atoms with Gasteiger partial charge in [-0.15, -0.1) is 0 Å². The van der Waals surface area contributed by atoms with Gasteiger partial charge in [-0.2, -0.15) is 13.2 Å². The summed E-state index contributed by atoms with van der Waals surface area (Å²) >= 11 is 1.74. The number of hydrogen-bond acceptors (Lipinski definition) is 3. The average molecular weight is 456 g/mol. The van der Waals surface area contributed by atoms with E-state index >= 15 is 0 Å². The second-order valence-corrected chi connectivity index (χ2v) is 9.74. The number of anilines is 1. The van der Waals surface area contributed by atoms with Crippen molar-refractivity contribution in [2.24, 2.45) is 0 Å². The first-order valence-corrected chi connectivity index (χ1v) is 11.5. The minimum atomic E-state index is -4.32. The Balaban J connectivity index is 1.50. The highest BCUT2D eigenvalue weighted by Crippen LogP contribution is 2.51. The molecule has 2 heterocycles. The van der Waals surface area contributed by atoms with Crippen molar-refractivity contribution in [1.82, 2.24) is 0 Å². The zero-order chi connectivity index (χ0) is 22.3. The second kappa shape index (κ2) is 8.16. The SMILES string of the molecule is Cc1ccc(SN2CC3(CCOCC3)c3cc(-c4ccc(C(F)(F)F)cc4)ccc32)cc1. The molecule has 0 unspecified atom stereocenters. The highest BCUT2D eigenvalue weighted by molar-refractivity contribution is 8.00. The van der Waals surface area contributed by atoms with Crippen molar-refractivity contribution >= 4 is 17.6 Å². The summed E-state index contributed by atoms with van der Waals surface area (Å²) in [6.07, 6.45) is -2.43. The van der Waals surface area contributed by atoms with E-state index in [1.54, 1.807) is 24.1 Å². The summed E-state index contributed by atoms with van der Waals surface area (Å²) in [5.74, 6) is 0. The first kappa shape index (κ1) is 21.4. The van der Waals surface area contributed by atoms with E-state index in [9.17, 15) is 13.2 Å². The van der Waals surface area contributed by atoms with Crippen molar-refractivity contribution < 1.29 is 17.9 Å². The molecule has 3 aromatic rings. The lowest BCUT2D eigenvalue weighted by atomic mass is 9.75. The molecule has 2 nitrogen and oxygen atoms in total. The Hall–Kier alpha value is -2.44. The topological polar surface area (TPSA) is 12.5 Å². The normalized spacial score (nSPS) is 17.6. The summed E-state index contributed by atoms with van der Waals surface area (Å²) in [7, 11) is 0. The van der Waals surface area contributed by atoms with E-state index < -0.39 is 11.7 Å². The number of aryl methyl sites for hydroxylation is 1. The molecule has 0 amide bonds. The fraction of sp³-hybridized carbons (Fsp3) is 0.308. The van der Waals surface area contributed by atoms with Gasteiger partial charge in [-0.25, -0.2) is 0 Å².